The summed E-state index contributed by atoms with van der Waals surface area (Å²) in [6.45, 7) is 18.1. The van der Waals surface area contributed by atoms with E-state index in [0.29, 0.717) is 17.8 Å². The van der Waals surface area contributed by atoms with Crippen LogP contribution in [0.2, 0.25) is 0 Å². The van der Waals surface area contributed by atoms with Crippen molar-refractivity contribution < 1.29 is 39.8 Å². The molecule has 5 aliphatic carbocycles. The average molecular weight is 619 g/mol. The lowest BCUT2D eigenvalue weighted by molar-refractivity contribution is -0.331. The Bertz CT molecular complexity index is 1150. The smallest absolute Gasteiger partial charge is 0.309 e. The van der Waals surface area contributed by atoms with E-state index in [-0.39, 0.29) is 39.6 Å². The van der Waals surface area contributed by atoms with Gasteiger partial charge in [0, 0.05) is 0 Å². The van der Waals surface area contributed by atoms with E-state index in [2.05, 4.69) is 48.1 Å². The van der Waals surface area contributed by atoms with E-state index >= 15 is 0 Å². The van der Waals surface area contributed by atoms with E-state index in [1.807, 2.05) is 0 Å². The number of ether oxygens (including phenoxy) is 2. The number of aliphatic hydroxyl groups is 4. The second-order valence-corrected chi connectivity index (χ2v) is 17.3. The number of aliphatic carboxylic acids is 1. The molecule has 8 nitrogen and oxygen atoms in total. The van der Waals surface area contributed by atoms with E-state index in [4.69, 9.17) is 9.47 Å². The van der Waals surface area contributed by atoms with E-state index in [1.54, 1.807) is 0 Å². The highest BCUT2D eigenvalue weighted by Crippen LogP contribution is 2.77. The number of carboxylic acids is 1. The number of hydrogen-bond donors (Lipinski definition) is 5. The van der Waals surface area contributed by atoms with E-state index in [1.165, 1.54) is 0 Å². The minimum absolute atomic E-state index is 0.0688. The topological polar surface area (TPSA) is 137 Å². The number of allylic oxidation sites excluding steroid dienone is 1. The van der Waals surface area contributed by atoms with Crippen molar-refractivity contribution in [3.8, 4) is 0 Å². The first kappa shape index (κ1) is 32.9. The summed E-state index contributed by atoms with van der Waals surface area (Å²) in [5, 5.41) is 51.7. The maximum absolute atomic E-state index is 12.9. The molecule has 6 aliphatic rings. The molecule has 0 radical (unpaired) electrons. The molecule has 44 heavy (non-hydrogen) atoms. The van der Waals surface area contributed by atoms with E-state index in [0.717, 1.165) is 69.8 Å². The van der Waals surface area contributed by atoms with Crippen molar-refractivity contribution in [1.82, 2.24) is 0 Å². The Balaban J connectivity index is 1.27. The van der Waals surface area contributed by atoms with Crippen LogP contribution in [-0.4, -0.2) is 74.9 Å². The molecule has 15 unspecified atom stereocenters. The van der Waals surface area contributed by atoms with Gasteiger partial charge in [0.25, 0.3) is 0 Å². The normalized spacial score (nSPS) is 54.8. The summed E-state index contributed by atoms with van der Waals surface area (Å²) in [5.41, 5.74) is 0.579. The average Bonchev–Trinajstić information content (AvgIpc) is 3.36. The van der Waals surface area contributed by atoms with Gasteiger partial charge in [-0.05, 0) is 122 Å². The summed E-state index contributed by atoms with van der Waals surface area (Å²) in [7, 11) is 0. The molecule has 1 saturated heterocycles. The van der Waals surface area contributed by atoms with E-state index in [9.17, 15) is 30.3 Å². The fourth-order valence-electron chi connectivity index (χ4n) is 13.1. The van der Waals surface area contributed by atoms with Gasteiger partial charge in [-0.25, -0.2) is 0 Å². The minimum Gasteiger partial charge on any atom is -0.481 e. The van der Waals surface area contributed by atoms with Crippen LogP contribution < -0.4 is 0 Å². The molecule has 15 atom stereocenters. The van der Waals surface area contributed by atoms with E-state index < -0.39 is 48.7 Å². The molecule has 0 amide bonds. The third kappa shape index (κ3) is 4.26. The maximum atomic E-state index is 12.9. The Morgan fingerprint density at radius 1 is 0.841 bits per heavy atom. The molecule has 5 saturated carbocycles. The SMILES string of the molecule is C=C(C)C1CCC2(C(=O)O)CCC3(C)C(CCC4C5(C)CCC(OC6OC(CO)C(O)C(O)C6O)C(C)(C)C5CCC43C)C12. The van der Waals surface area contributed by atoms with Crippen molar-refractivity contribution in [2.75, 3.05) is 6.61 Å². The fourth-order valence-corrected chi connectivity index (χ4v) is 13.1. The monoisotopic (exact) mass is 618 g/mol. The summed E-state index contributed by atoms with van der Waals surface area (Å²) < 4.78 is 12.2. The Labute approximate surface area is 263 Å². The number of hydrogen-bond acceptors (Lipinski definition) is 7. The summed E-state index contributed by atoms with van der Waals surface area (Å²) >= 11 is 0. The summed E-state index contributed by atoms with van der Waals surface area (Å²) in [6.07, 6.45) is 3.05. The Hall–Kier alpha value is -1.03. The fraction of sp³-hybridized carbons (Fsp3) is 0.917. The Morgan fingerprint density at radius 2 is 1.55 bits per heavy atom. The molecular weight excluding hydrogens is 560 g/mol. The van der Waals surface area contributed by atoms with Gasteiger partial charge >= 0.3 is 5.97 Å². The van der Waals surface area contributed by atoms with Crippen LogP contribution in [0.25, 0.3) is 0 Å². The van der Waals surface area contributed by atoms with Crippen molar-refractivity contribution in [1.29, 1.82) is 0 Å². The van der Waals surface area contributed by atoms with Crippen LogP contribution in [0.1, 0.15) is 106 Å². The number of carboxylic acid groups (broad SMARTS) is 1. The van der Waals surface area contributed by atoms with Gasteiger partial charge in [-0.2, -0.15) is 0 Å². The standard InChI is InChI=1S/C36H58O8/c1-19(2)20-10-15-36(31(41)42)17-16-34(6)21(26(20)36)8-9-24-33(5)13-12-25(32(3,4)23(33)11-14-35(24,34)7)44-30-29(40)28(39)27(38)22(18-37)43-30/h20-30,37-40H,1,8-18H2,2-7H3,(H,41,42). The Kier molecular flexibility index (Phi) is 8.03. The minimum atomic E-state index is -1.45. The molecule has 8 heteroatoms. The maximum Gasteiger partial charge on any atom is 0.309 e. The molecule has 6 rings (SSSR count). The van der Waals surface area contributed by atoms with Crippen LogP contribution in [0.4, 0.5) is 0 Å². The Morgan fingerprint density at radius 3 is 2.18 bits per heavy atom. The van der Waals surface area contributed by atoms with Gasteiger partial charge < -0.3 is 35.0 Å². The second kappa shape index (κ2) is 10.7. The number of fused-ring (bicyclic) bond motifs is 7. The summed E-state index contributed by atoms with van der Waals surface area (Å²) in [6, 6.07) is 0. The largest absolute Gasteiger partial charge is 0.481 e. The van der Waals surface area contributed by atoms with Gasteiger partial charge in [0.05, 0.1) is 18.1 Å². The molecule has 0 spiro atoms. The second-order valence-electron chi connectivity index (χ2n) is 17.3. The van der Waals surface area contributed by atoms with Crippen molar-refractivity contribution >= 4 is 5.97 Å². The van der Waals surface area contributed by atoms with Crippen molar-refractivity contribution in [3.05, 3.63) is 12.2 Å². The van der Waals surface area contributed by atoms with Gasteiger partial charge in [-0.3, -0.25) is 4.79 Å². The third-order valence-corrected chi connectivity index (χ3v) is 15.6. The van der Waals surface area contributed by atoms with Gasteiger partial charge in [-0.15, -0.1) is 0 Å². The quantitative estimate of drug-likeness (QED) is 0.217. The van der Waals surface area contributed by atoms with Gasteiger partial charge in [0.2, 0.25) is 0 Å². The van der Waals surface area contributed by atoms with Crippen LogP contribution in [0.3, 0.4) is 0 Å². The third-order valence-electron chi connectivity index (χ3n) is 15.6. The predicted octanol–water partition coefficient (Wildman–Crippen LogP) is 4.91. The first-order valence-electron chi connectivity index (χ1n) is 17.3. The zero-order valence-electron chi connectivity index (χ0n) is 27.8. The van der Waals surface area contributed by atoms with Crippen LogP contribution in [0.15, 0.2) is 12.2 Å². The molecule has 0 aromatic rings. The molecule has 1 aliphatic heterocycles. The predicted molar refractivity (Wildman–Crippen MR) is 165 cm³/mol. The molecule has 250 valence electrons. The molecule has 6 fully saturated rings. The van der Waals surface area contributed by atoms with Crippen LogP contribution >= 0.6 is 0 Å². The summed E-state index contributed by atoms with van der Waals surface area (Å²) in [5.74, 6) is 1.15. The highest BCUT2D eigenvalue weighted by Gasteiger charge is 2.72. The zero-order valence-corrected chi connectivity index (χ0v) is 27.8. The highest BCUT2D eigenvalue weighted by molar-refractivity contribution is 5.76. The first-order valence-corrected chi connectivity index (χ1v) is 17.3. The van der Waals surface area contributed by atoms with Crippen LogP contribution in [0, 0.1) is 56.7 Å². The van der Waals surface area contributed by atoms with Gasteiger partial charge in [0.1, 0.15) is 24.4 Å². The number of aliphatic hydroxyl groups excluding tert-OH is 4. The molecular formula is C36H58O8. The molecule has 1 heterocycles. The summed E-state index contributed by atoms with van der Waals surface area (Å²) in [4.78, 5) is 12.9. The van der Waals surface area contributed by atoms with Crippen molar-refractivity contribution in [2.45, 2.75) is 143 Å². The molecule has 0 aromatic heterocycles. The lowest BCUT2D eigenvalue weighted by Crippen LogP contribution is -2.67. The lowest BCUT2D eigenvalue weighted by atomic mass is 9.32. The van der Waals surface area contributed by atoms with Crippen LogP contribution in [-0.2, 0) is 14.3 Å². The van der Waals surface area contributed by atoms with Gasteiger partial charge in [-0.1, -0.05) is 46.8 Å². The number of carbonyl (C=O) groups is 1. The number of rotatable bonds is 5. The lowest BCUT2D eigenvalue weighted by Gasteiger charge is -2.73. The van der Waals surface area contributed by atoms with Crippen molar-refractivity contribution in [2.24, 2.45) is 56.7 Å². The van der Waals surface area contributed by atoms with Crippen molar-refractivity contribution in [3.63, 3.8) is 0 Å². The van der Waals surface area contributed by atoms with Crippen LogP contribution in [0.5, 0.6) is 0 Å². The molecule has 0 aromatic carbocycles. The molecule has 5 N–H and O–H groups in total. The zero-order chi connectivity index (χ0) is 32.2. The van der Waals surface area contributed by atoms with Gasteiger partial charge in [0.15, 0.2) is 6.29 Å². The first-order chi connectivity index (χ1) is 20.5. The molecule has 0 bridgehead atoms. The highest BCUT2D eigenvalue weighted by atomic mass is 16.7.